The molecule has 1 aromatic heterocycles. The van der Waals surface area contributed by atoms with E-state index in [0.29, 0.717) is 19.6 Å². The number of hydrogen-bond acceptors (Lipinski definition) is 5. The van der Waals surface area contributed by atoms with Crippen molar-refractivity contribution in [1.29, 1.82) is 0 Å². The average molecular weight is 432 g/mol. The van der Waals surface area contributed by atoms with Crippen LogP contribution < -0.4 is 14.8 Å². The first kappa shape index (κ1) is 21.1. The van der Waals surface area contributed by atoms with Crippen LogP contribution in [-0.4, -0.2) is 33.1 Å². The van der Waals surface area contributed by atoms with Gasteiger partial charge in [-0.05, 0) is 48.4 Å². The number of ether oxygens (including phenoxy) is 1. The van der Waals surface area contributed by atoms with E-state index in [2.05, 4.69) is 15.0 Å². The number of pyridine rings is 1. The van der Waals surface area contributed by atoms with Gasteiger partial charge < -0.3 is 10.1 Å². The van der Waals surface area contributed by atoms with E-state index in [4.69, 9.17) is 16.3 Å². The van der Waals surface area contributed by atoms with E-state index in [9.17, 15) is 8.42 Å². The molecule has 6 nitrogen and oxygen atoms in total. The van der Waals surface area contributed by atoms with Crippen molar-refractivity contribution in [3.05, 3.63) is 83.6 Å². The van der Waals surface area contributed by atoms with Gasteiger partial charge in [-0.2, -0.15) is 0 Å². The lowest BCUT2D eigenvalue weighted by atomic mass is 10.1. The second kappa shape index (κ2) is 10.2. The zero-order valence-corrected chi connectivity index (χ0v) is 17.3. The van der Waals surface area contributed by atoms with Gasteiger partial charge >= 0.3 is 0 Å². The molecule has 2 aromatic carbocycles. The molecular formula is C21H22ClN3O3S. The van der Waals surface area contributed by atoms with Crippen LogP contribution in [-0.2, 0) is 16.4 Å². The molecule has 0 fully saturated rings. The molecule has 3 aromatic rings. The molecule has 1 heterocycles. The molecule has 0 atom stereocenters. The predicted octanol–water partition coefficient (Wildman–Crippen LogP) is 3.75. The van der Waals surface area contributed by atoms with Gasteiger partial charge in [-0.1, -0.05) is 35.9 Å². The molecule has 0 spiro atoms. The Labute approximate surface area is 176 Å². The quantitative estimate of drug-likeness (QED) is 0.478. The Balaban J connectivity index is 1.46. The second-order valence-electron chi connectivity index (χ2n) is 6.24. The van der Waals surface area contributed by atoms with Gasteiger partial charge in [-0.3, -0.25) is 4.98 Å². The zero-order valence-electron chi connectivity index (χ0n) is 15.7. The summed E-state index contributed by atoms with van der Waals surface area (Å²) < 4.78 is 33.1. The summed E-state index contributed by atoms with van der Waals surface area (Å²) >= 11 is 5.98. The summed E-state index contributed by atoms with van der Waals surface area (Å²) in [7, 11) is -3.64. The van der Waals surface area contributed by atoms with E-state index in [1.165, 1.54) is 6.07 Å². The molecule has 3 rings (SSSR count). The Morgan fingerprint density at radius 2 is 1.76 bits per heavy atom. The Morgan fingerprint density at radius 3 is 2.55 bits per heavy atom. The summed E-state index contributed by atoms with van der Waals surface area (Å²) in [5.74, 6) is 0.744. The number of hydrogen-bond donors (Lipinski definition) is 2. The molecule has 0 aliphatic heterocycles. The Hall–Kier alpha value is -2.61. The molecule has 0 aliphatic carbocycles. The molecule has 29 heavy (non-hydrogen) atoms. The van der Waals surface area contributed by atoms with Crippen LogP contribution >= 0.6 is 11.6 Å². The molecule has 8 heteroatoms. The summed E-state index contributed by atoms with van der Waals surface area (Å²) in [6.07, 6.45) is 4.00. The van der Waals surface area contributed by atoms with Crippen LogP contribution in [0, 0.1) is 0 Å². The van der Waals surface area contributed by atoms with Gasteiger partial charge in [-0.15, -0.1) is 0 Å². The van der Waals surface area contributed by atoms with E-state index in [-0.39, 0.29) is 16.5 Å². The van der Waals surface area contributed by atoms with Crippen molar-refractivity contribution < 1.29 is 13.2 Å². The van der Waals surface area contributed by atoms with Crippen LogP contribution in [0.4, 0.5) is 5.69 Å². The smallest absolute Gasteiger partial charge is 0.242 e. The highest BCUT2D eigenvalue weighted by molar-refractivity contribution is 7.89. The molecule has 0 saturated carbocycles. The third kappa shape index (κ3) is 6.45. The Kier molecular flexibility index (Phi) is 7.46. The van der Waals surface area contributed by atoms with Crippen molar-refractivity contribution in [2.24, 2.45) is 0 Å². The largest absolute Gasteiger partial charge is 0.492 e. The minimum atomic E-state index is -3.64. The van der Waals surface area contributed by atoms with Gasteiger partial charge in [0.2, 0.25) is 10.0 Å². The van der Waals surface area contributed by atoms with Crippen molar-refractivity contribution in [3.63, 3.8) is 0 Å². The molecule has 0 bridgehead atoms. The van der Waals surface area contributed by atoms with Gasteiger partial charge in [0.15, 0.2) is 0 Å². The summed E-state index contributed by atoms with van der Waals surface area (Å²) in [6.45, 7) is 1.43. The van der Waals surface area contributed by atoms with Gasteiger partial charge in [0.1, 0.15) is 17.3 Å². The maximum absolute atomic E-state index is 12.4. The number of anilines is 1. The van der Waals surface area contributed by atoms with Crippen molar-refractivity contribution in [2.75, 3.05) is 25.0 Å². The standard InChI is InChI=1S/C21H22ClN3O3S/c22-20-6-1-2-7-21(20)29(26,27)25-13-8-17-4-3-5-19(16-17)28-15-14-24-18-9-11-23-12-10-18/h1-7,9-12,16,25H,8,13-15H2,(H,23,24). The molecule has 0 unspecified atom stereocenters. The van der Waals surface area contributed by atoms with E-state index in [0.717, 1.165) is 17.0 Å². The van der Waals surface area contributed by atoms with Crippen molar-refractivity contribution in [2.45, 2.75) is 11.3 Å². The maximum atomic E-state index is 12.4. The fraction of sp³-hybridized carbons (Fsp3) is 0.190. The SMILES string of the molecule is O=S(=O)(NCCc1cccc(OCCNc2ccncc2)c1)c1ccccc1Cl. The highest BCUT2D eigenvalue weighted by atomic mass is 35.5. The fourth-order valence-corrected chi connectivity index (χ4v) is 4.24. The number of halogens is 1. The van der Waals surface area contributed by atoms with Gasteiger partial charge in [0.05, 0.1) is 5.02 Å². The van der Waals surface area contributed by atoms with Crippen molar-refractivity contribution in [3.8, 4) is 5.75 Å². The highest BCUT2D eigenvalue weighted by Crippen LogP contribution is 2.20. The minimum Gasteiger partial charge on any atom is -0.492 e. The third-order valence-electron chi connectivity index (χ3n) is 4.11. The summed E-state index contributed by atoms with van der Waals surface area (Å²) in [6, 6.07) is 17.8. The van der Waals surface area contributed by atoms with Crippen LogP contribution in [0.3, 0.4) is 0 Å². The molecular weight excluding hydrogens is 410 g/mol. The molecule has 152 valence electrons. The average Bonchev–Trinajstić information content (AvgIpc) is 2.72. The molecule has 0 aliphatic rings. The number of rotatable bonds is 10. The maximum Gasteiger partial charge on any atom is 0.242 e. The second-order valence-corrected chi connectivity index (χ2v) is 8.38. The first-order valence-electron chi connectivity index (χ1n) is 9.14. The first-order chi connectivity index (χ1) is 14.0. The number of sulfonamides is 1. The molecule has 0 radical (unpaired) electrons. The molecule has 0 saturated heterocycles. The number of nitrogens with zero attached hydrogens (tertiary/aromatic N) is 1. The van der Waals surface area contributed by atoms with Crippen LogP contribution in [0.2, 0.25) is 5.02 Å². The monoisotopic (exact) mass is 431 g/mol. The summed E-state index contributed by atoms with van der Waals surface area (Å²) in [4.78, 5) is 4.06. The lowest BCUT2D eigenvalue weighted by Gasteiger charge is -2.11. The van der Waals surface area contributed by atoms with Crippen LogP contribution in [0.1, 0.15) is 5.56 Å². The van der Waals surface area contributed by atoms with Crippen molar-refractivity contribution in [1.82, 2.24) is 9.71 Å². The fourth-order valence-electron chi connectivity index (χ4n) is 2.69. The normalized spacial score (nSPS) is 11.2. The zero-order chi connectivity index (χ0) is 20.5. The van der Waals surface area contributed by atoms with Crippen LogP contribution in [0.15, 0.2) is 78.0 Å². The van der Waals surface area contributed by atoms with Gasteiger partial charge in [0.25, 0.3) is 0 Å². The van der Waals surface area contributed by atoms with Gasteiger partial charge in [-0.25, -0.2) is 13.1 Å². The van der Waals surface area contributed by atoms with Crippen LogP contribution in [0.5, 0.6) is 5.75 Å². The van der Waals surface area contributed by atoms with Crippen LogP contribution in [0.25, 0.3) is 0 Å². The van der Waals surface area contributed by atoms with E-state index < -0.39 is 10.0 Å². The van der Waals surface area contributed by atoms with Gasteiger partial charge in [0, 0.05) is 31.2 Å². The first-order valence-corrected chi connectivity index (χ1v) is 11.0. The minimum absolute atomic E-state index is 0.0837. The molecule has 2 N–H and O–H groups in total. The highest BCUT2D eigenvalue weighted by Gasteiger charge is 2.16. The number of aromatic nitrogens is 1. The number of nitrogens with one attached hydrogen (secondary N) is 2. The Morgan fingerprint density at radius 1 is 0.966 bits per heavy atom. The third-order valence-corrected chi connectivity index (χ3v) is 6.07. The number of benzene rings is 2. The summed E-state index contributed by atoms with van der Waals surface area (Å²) in [5, 5.41) is 3.45. The Bertz CT molecular complexity index is 1030. The van der Waals surface area contributed by atoms with E-state index in [1.807, 2.05) is 36.4 Å². The van der Waals surface area contributed by atoms with E-state index >= 15 is 0 Å². The summed E-state index contributed by atoms with van der Waals surface area (Å²) in [5.41, 5.74) is 1.97. The van der Waals surface area contributed by atoms with Crippen molar-refractivity contribution >= 4 is 27.3 Å². The lowest BCUT2D eigenvalue weighted by molar-refractivity contribution is 0.332. The lowest BCUT2D eigenvalue weighted by Crippen LogP contribution is -2.26. The topological polar surface area (TPSA) is 80.3 Å². The molecule has 0 amide bonds. The predicted molar refractivity (Wildman–Crippen MR) is 115 cm³/mol. The van der Waals surface area contributed by atoms with E-state index in [1.54, 1.807) is 30.6 Å².